The lowest BCUT2D eigenvalue weighted by Crippen LogP contribution is -2.31. The molecule has 0 N–H and O–H groups in total. The first-order chi connectivity index (χ1) is 6.65. The molecule has 1 rings (SSSR count). The van der Waals surface area contributed by atoms with Gasteiger partial charge in [-0.15, -0.1) is 0 Å². The molecule has 0 aromatic rings. The summed E-state index contributed by atoms with van der Waals surface area (Å²) in [6, 6.07) is 0. The normalized spacial score (nSPS) is 18.1. The number of ether oxygens (including phenoxy) is 1. The molecule has 0 unspecified atom stereocenters. The van der Waals surface area contributed by atoms with Gasteiger partial charge in [0.15, 0.2) is 0 Å². The fourth-order valence-electron chi connectivity index (χ4n) is 1.33. The zero-order valence-corrected chi connectivity index (χ0v) is 8.78. The van der Waals surface area contributed by atoms with E-state index in [1.807, 2.05) is 0 Å². The Balaban J connectivity index is 2.31. The Bertz CT molecular complexity index is 227. The highest BCUT2D eigenvalue weighted by atomic mass is 16.6. The number of hydrogen-bond acceptors (Lipinski definition) is 3. The SMILES string of the molecule is CC[C@@H](C)CCC(=O)N1CCOC1=O. The Morgan fingerprint density at radius 2 is 2.36 bits per heavy atom. The summed E-state index contributed by atoms with van der Waals surface area (Å²) in [4.78, 5) is 23.7. The molecule has 1 aliphatic rings. The maximum Gasteiger partial charge on any atom is 0.416 e. The number of cyclic esters (lactones) is 1. The summed E-state index contributed by atoms with van der Waals surface area (Å²) >= 11 is 0. The second-order valence-electron chi connectivity index (χ2n) is 3.71. The third-order valence-corrected chi connectivity index (χ3v) is 2.61. The highest BCUT2D eigenvalue weighted by Crippen LogP contribution is 2.12. The smallest absolute Gasteiger partial charge is 0.416 e. The molecular formula is C10H17NO3. The van der Waals surface area contributed by atoms with Crippen LogP contribution in [0.5, 0.6) is 0 Å². The molecule has 0 bridgehead atoms. The lowest BCUT2D eigenvalue weighted by molar-refractivity contribution is -0.128. The molecule has 4 heteroatoms. The Morgan fingerprint density at radius 3 is 2.86 bits per heavy atom. The van der Waals surface area contributed by atoms with Crippen molar-refractivity contribution in [1.29, 1.82) is 0 Å². The summed E-state index contributed by atoms with van der Waals surface area (Å²) in [6.45, 7) is 4.96. The van der Waals surface area contributed by atoms with Gasteiger partial charge in [0.2, 0.25) is 5.91 Å². The third-order valence-electron chi connectivity index (χ3n) is 2.61. The Kier molecular flexibility index (Phi) is 3.92. The predicted molar refractivity (Wildman–Crippen MR) is 51.8 cm³/mol. The fourth-order valence-corrected chi connectivity index (χ4v) is 1.33. The second kappa shape index (κ2) is 4.98. The first-order valence-electron chi connectivity index (χ1n) is 5.12. The molecular weight excluding hydrogens is 182 g/mol. The number of rotatable bonds is 4. The summed E-state index contributed by atoms with van der Waals surface area (Å²) in [5.41, 5.74) is 0. The first kappa shape index (κ1) is 11.0. The van der Waals surface area contributed by atoms with Crippen LogP contribution in [0.15, 0.2) is 0 Å². The minimum atomic E-state index is -0.487. The predicted octanol–water partition coefficient (Wildman–Crippen LogP) is 1.79. The summed E-state index contributed by atoms with van der Waals surface area (Å²) in [5, 5.41) is 0. The molecule has 4 nitrogen and oxygen atoms in total. The van der Waals surface area contributed by atoms with Gasteiger partial charge in [-0.3, -0.25) is 4.79 Å². The molecule has 0 saturated carbocycles. The van der Waals surface area contributed by atoms with Gasteiger partial charge >= 0.3 is 6.09 Å². The van der Waals surface area contributed by atoms with Crippen LogP contribution in [0.3, 0.4) is 0 Å². The number of amides is 2. The van der Waals surface area contributed by atoms with Crippen molar-refractivity contribution in [3.8, 4) is 0 Å². The molecule has 2 amide bonds. The molecule has 1 saturated heterocycles. The molecule has 14 heavy (non-hydrogen) atoms. The van der Waals surface area contributed by atoms with Gasteiger partial charge in [0, 0.05) is 6.42 Å². The lowest BCUT2D eigenvalue weighted by Gasteiger charge is -2.12. The van der Waals surface area contributed by atoms with Gasteiger partial charge < -0.3 is 4.74 Å². The average molecular weight is 199 g/mol. The maximum absolute atomic E-state index is 11.5. The van der Waals surface area contributed by atoms with Gasteiger partial charge in [0.25, 0.3) is 0 Å². The van der Waals surface area contributed by atoms with Crippen LogP contribution in [0.25, 0.3) is 0 Å². The highest BCUT2D eigenvalue weighted by molar-refractivity contribution is 5.92. The molecule has 1 atom stereocenters. The van der Waals surface area contributed by atoms with Crippen molar-refractivity contribution in [2.24, 2.45) is 5.92 Å². The van der Waals surface area contributed by atoms with E-state index >= 15 is 0 Å². The van der Waals surface area contributed by atoms with E-state index < -0.39 is 6.09 Å². The number of carbonyl (C=O) groups is 2. The molecule has 0 radical (unpaired) electrons. The molecule has 1 fully saturated rings. The van der Waals surface area contributed by atoms with Gasteiger partial charge in [-0.1, -0.05) is 20.3 Å². The highest BCUT2D eigenvalue weighted by Gasteiger charge is 2.27. The van der Waals surface area contributed by atoms with Crippen molar-refractivity contribution in [3.05, 3.63) is 0 Å². The Morgan fingerprint density at radius 1 is 1.64 bits per heavy atom. The van der Waals surface area contributed by atoms with E-state index in [0.717, 1.165) is 12.8 Å². The fraction of sp³-hybridized carbons (Fsp3) is 0.800. The summed E-state index contributed by atoms with van der Waals surface area (Å²) in [5.74, 6) is 0.436. The third kappa shape index (κ3) is 2.72. The van der Waals surface area contributed by atoms with E-state index in [2.05, 4.69) is 18.6 Å². The number of hydrogen-bond donors (Lipinski definition) is 0. The van der Waals surface area contributed by atoms with E-state index in [9.17, 15) is 9.59 Å². The standard InChI is InChI=1S/C10H17NO3/c1-3-8(2)4-5-9(12)11-6-7-14-10(11)13/h8H,3-7H2,1-2H3/t8-/m1/s1. The van der Waals surface area contributed by atoms with Crippen LogP contribution < -0.4 is 0 Å². The zero-order valence-electron chi connectivity index (χ0n) is 8.78. The minimum Gasteiger partial charge on any atom is -0.447 e. The largest absolute Gasteiger partial charge is 0.447 e. The zero-order chi connectivity index (χ0) is 10.6. The number of imide groups is 1. The average Bonchev–Trinajstić information content (AvgIpc) is 2.60. The van der Waals surface area contributed by atoms with Gasteiger partial charge in [0.1, 0.15) is 6.61 Å². The lowest BCUT2D eigenvalue weighted by atomic mass is 10.0. The molecule has 1 heterocycles. The van der Waals surface area contributed by atoms with E-state index in [0.29, 0.717) is 25.5 Å². The molecule has 80 valence electrons. The van der Waals surface area contributed by atoms with Gasteiger partial charge in [-0.25, -0.2) is 9.69 Å². The maximum atomic E-state index is 11.5. The van der Waals surface area contributed by atoms with E-state index in [-0.39, 0.29) is 5.91 Å². The van der Waals surface area contributed by atoms with Crippen LogP contribution in [-0.4, -0.2) is 30.1 Å². The first-order valence-corrected chi connectivity index (χ1v) is 5.12. The number of nitrogens with zero attached hydrogens (tertiary/aromatic N) is 1. The van der Waals surface area contributed by atoms with Gasteiger partial charge in [0.05, 0.1) is 6.54 Å². The topological polar surface area (TPSA) is 46.6 Å². The van der Waals surface area contributed by atoms with Crippen molar-refractivity contribution in [1.82, 2.24) is 4.90 Å². The van der Waals surface area contributed by atoms with Gasteiger partial charge in [-0.2, -0.15) is 0 Å². The van der Waals surface area contributed by atoms with Crippen molar-refractivity contribution >= 4 is 12.0 Å². The Hall–Kier alpha value is -1.06. The van der Waals surface area contributed by atoms with Crippen LogP contribution in [0.4, 0.5) is 4.79 Å². The van der Waals surface area contributed by atoms with Crippen LogP contribution in [-0.2, 0) is 9.53 Å². The van der Waals surface area contributed by atoms with E-state index in [1.165, 1.54) is 4.90 Å². The van der Waals surface area contributed by atoms with Crippen LogP contribution >= 0.6 is 0 Å². The molecule has 0 spiro atoms. The minimum absolute atomic E-state index is 0.104. The summed E-state index contributed by atoms with van der Waals surface area (Å²) in [7, 11) is 0. The molecule has 1 aliphatic heterocycles. The van der Waals surface area contributed by atoms with Crippen molar-refractivity contribution in [2.45, 2.75) is 33.1 Å². The van der Waals surface area contributed by atoms with Crippen LogP contribution in [0, 0.1) is 5.92 Å². The quantitative estimate of drug-likeness (QED) is 0.693. The van der Waals surface area contributed by atoms with Crippen molar-refractivity contribution in [2.75, 3.05) is 13.2 Å². The van der Waals surface area contributed by atoms with Crippen molar-refractivity contribution in [3.63, 3.8) is 0 Å². The summed E-state index contributed by atoms with van der Waals surface area (Å²) in [6.07, 6.45) is 1.88. The monoisotopic (exact) mass is 199 g/mol. The molecule has 0 aromatic heterocycles. The number of carbonyl (C=O) groups excluding carboxylic acids is 2. The molecule has 0 aliphatic carbocycles. The van der Waals surface area contributed by atoms with Crippen LogP contribution in [0.1, 0.15) is 33.1 Å². The second-order valence-corrected chi connectivity index (χ2v) is 3.71. The summed E-state index contributed by atoms with van der Waals surface area (Å²) < 4.78 is 4.69. The van der Waals surface area contributed by atoms with E-state index in [4.69, 9.17) is 0 Å². The van der Waals surface area contributed by atoms with Crippen molar-refractivity contribution < 1.29 is 14.3 Å². The Labute approximate surface area is 84.2 Å². The van der Waals surface area contributed by atoms with Gasteiger partial charge in [-0.05, 0) is 12.3 Å². The van der Waals surface area contributed by atoms with E-state index in [1.54, 1.807) is 0 Å². The molecule has 0 aromatic carbocycles. The van der Waals surface area contributed by atoms with Crippen LogP contribution in [0.2, 0.25) is 0 Å².